The number of ether oxygens (including phenoxy) is 1. The van der Waals surface area contributed by atoms with Crippen molar-refractivity contribution in [1.82, 2.24) is 19.2 Å². The summed E-state index contributed by atoms with van der Waals surface area (Å²) in [4.78, 5) is 15.2. The van der Waals surface area contributed by atoms with Crippen LogP contribution < -0.4 is 5.56 Å². The standard InChI is InChI=1S/C26H28N4O2/c31-26-18-22(7-6-21-4-2-1-3-5-21)10-11-29(26)24-8-9-25-23(19-24)20-27-30(25)13-12-28-14-16-32-17-15-28/h1-5,8-11,18-20H,6-7,12-17H2. The number of hydrogen-bond acceptors (Lipinski definition) is 4. The van der Waals surface area contributed by atoms with Gasteiger partial charge in [-0.1, -0.05) is 30.3 Å². The van der Waals surface area contributed by atoms with Gasteiger partial charge < -0.3 is 4.74 Å². The van der Waals surface area contributed by atoms with E-state index in [-0.39, 0.29) is 5.56 Å². The molecule has 0 aliphatic carbocycles. The van der Waals surface area contributed by atoms with Crippen molar-refractivity contribution in [2.24, 2.45) is 0 Å². The first-order valence-electron chi connectivity index (χ1n) is 11.3. The number of pyridine rings is 1. The van der Waals surface area contributed by atoms with Crippen LogP contribution in [0.2, 0.25) is 0 Å². The van der Waals surface area contributed by atoms with Gasteiger partial charge in [0.1, 0.15) is 0 Å². The minimum Gasteiger partial charge on any atom is -0.379 e. The molecule has 5 rings (SSSR count). The molecule has 164 valence electrons. The van der Waals surface area contributed by atoms with Gasteiger partial charge in [0.25, 0.3) is 5.56 Å². The van der Waals surface area contributed by atoms with Crippen LogP contribution in [0.15, 0.2) is 77.9 Å². The third-order valence-electron chi connectivity index (χ3n) is 6.16. The predicted octanol–water partition coefficient (Wildman–Crippen LogP) is 3.30. The van der Waals surface area contributed by atoms with Crippen LogP contribution in [0.25, 0.3) is 16.6 Å². The molecule has 0 bridgehead atoms. The van der Waals surface area contributed by atoms with Gasteiger partial charge in [-0.2, -0.15) is 5.10 Å². The Balaban J connectivity index is 1.29. The molecule has 3 heterocycles. The number of hydrogen-bond donors (Lipinski definition) is 0. The summed E-state index contributed by atoms with van der Waals surface area (Å²) in [6.45, 7) is 5.39. The largest absolute Gasteiger partial charge is 0.379 e. The molecule has 0 saturated carbocycles. The first kappa shape index (κ1) is 20.7. The van der Waals surface area contributed by atoms with Crippen molar-refractivity contribution in [3.05, 3.63) is 94.5 Å². The molecule has 2 aromatic heterocycles. The number of rotatable bonds is 7. The molecule has 1 fully saturated rings. The van der Waals surface area contributed by atoms with Gasteiger partial charge in [-0.3, -0.25) is 18.9 Å². The molecule has 1 aliphatic heterocycles. The maximum absolute atomic E-state index is 12.8. The first-order chi connectivity index (χ1) is 15.8. The Morgan fingerprint density at radius 2 is 1.69 bits per heavy atom. The lowest BCUT2D eigenvalue weighted by Crippen LogP contribution is -2.38. The Bertz CT molecular complexity index is 1240. The van der Waals surface area contributed by atoms with E-state index < -0.39 is 0 Å². The zero-order chi connectivity index (χ0) is 21.8. The fourth-order valence-corrected chi connectivity index (χ4v) is 4.29. The summed E-state index contributed by atoms with van der Waals surface area (Å²) in [5.41, 5.74) is 4.30. The van der Waals surface area contributed by atoms with Crippen LogP contribution in [0, 0.1) is 0 Å². The van der Waals surface area contributed by atoms with Crippen molar-refractivity contribution in [2.45, 2.75) is 19.4 Å². The highest BCUT2D eigenvalue weighted by atomic mass is 16.5. The van der Waals surface area contributed by atoms with E-state index in [2.05, 4.69) is 28.2 Å². The lowest BCUT2D eigenvalue weighted by molar-refractivity contribution is 0.0361. The van der Waals surface area contributed by atoms with Crippen molar-refractivity contribution < 1.29 is 4.74 Å². The second-order valence-electron chi connectivity index (χ2n) is 8.29. The van der Waals surface area contributed by atoms with E-state index in [9.17, 15) is 4.79 Å². The molecule has 0 atom stereocenters. The fourth-order valence-electron chi connectivity index (χ4n) is 4.29. The number of fused-ring (bicyclic) bond motifs is 1. The zero-order valence-electron chi connectivity index (χ0n) is 18.2. The van der Waals surface area contributed by atoms with Crippen molar-refractivity contribution in [3.63, 3.8) is 0 Å². The van der Waals surface area contributed by atoms with Crippen LogP contribution in [-0.4, -0.2) is 52.1 Å². The van der Waals surface area contributed by atoms with Crippen LogP contribution in [-0.2, 0) is 24.1 Å². The molecule has 6 heteroatoms. The average Bonchev–Trinajstić information content (AvgIpc) is 3.25. The number of benzene rings is 2. The zero-order valence-corrected chi connectivity index (χ0v) is 18.2. The number of morpholine rings is 1. The van der Waals surface area contributed by atoms with E-state index in [4.69, 9.17) is 4.74 Å². The van der Waals surface area contributed by atoms with Gasteiger partial charge in [0.2, 0.25) is 0 Å². The number of nitrogens with zero attached hydrogens (tertiary/aromatic N) is 4. The summed E-state index contributed by atoms with van der Waals surface area (Å²) >= 11 is 0. The van der Waals surface area contributed by atoms with Crippen molar-refractivity contribution in [2.75, 3.05) is 32.8 Å². The van der Waals surface area contributed by atoms with E-state index in [0.29, 0.717) is 0 Å². The molecule has 0 radical (unpaired) electrons. The molecule has 6 nitrogen and oxygen atoms in total. The minimum absolute atomic E-state index is 0.00498. The second kappa shape index (κ2) is 9.51. The predicted molar refractivity (Wildman–Crippen MR) is 126 cm³/mol. The molecular weight excluding hydrogens is 400 g/mol. The summed E-state index contributed by atoms with van der Waals surface area (Å²) < 4.78 is 9.17. The Labute approximate surface area is 187 Å². The van der Waals surface area contributed by atoms with Crippen molar-refractivity contribution in [1.29, 1.82) is 0 Å². The van der Waals surface area contributed by atoms with Gasteiger partial charge >= 0.3 is 0 Å². The Kier molecular flexibility index (Phi) is 6.14. The molecule has 2 aromatic carbocycles. The number of aryl methyl sites for hydroxylation is 2. The Hall–Kier alpha value is -3.22. The lowest BCUT2D eigenvalue weighted by atomic mass is 10.1. The van der Waals surface area contributed by atoms with Gasteiger partial charge in [-0.15, -0.1) is 0 Å². The smallest absolute Gasteiger partial charge is 0.255 e. The van der Waals surface area contributed by atoms with Crippen LogP contribution in [0.5, 0.6) is 0 Å². The Morgan fingerprint density at radius 3 is 2.50 bits per heavy atom. The summed E-state index contributed by atoms with van der Waals surface area (Å²) in [5, 5.41) is 5.62. The van der Waals surface area contributed by atoms with Gasteiger partial charge in [0, 0.05) is 43.0 Å². The molecule has 0 spiro atoms. The second-order valence-corrected chi connectivity index (χ2v) is 8.29. The third-order valence-corrected chi connectivity index (χ3v) is 6.16. The summed E-state index contributed by atoms with van der Waals surface area (Å²) in [6, 6.07) is 20.3. The van der Waals surface area contributed by atoms with E-state index in [1.54, 1.807) is 10.6 Å². The quantitative estimate of drug-likeness (QED) is 0.453. The van der Waals surface area contributed by atoms with E-state index in [0.717, 1.165) is 74.4 Å². The molecule has 0 unspecified atom stereocenters. The molecule has 0 amide bonds. The highest BCUT2D eigenvalue weighted by Gasteiger charge is 2.12. The molecule has 32 heavy (non-hydrogen) atoms. The normalized spacial score (nSPS) is 14.8. The van der Waals surface area contributed by atoms with Crippen LogP contribution in [0.3, 0.4) is 0 Å². The SMILES string of the molecule is O=c1cc(CCc2ccccc2)ccn1-c1ccc2c(cnn2CCN2CCOCC2)c1. The fraction of sp³-hybridized carbons (Fsp3) is 0.308. The maximum atomic E-state index is 12.8. The topological polar surface area (TPSA) is 52.3 Å². The molecular formula is C26H28N4O2. The summed E-state index contributed by atoms with van der Waals surface area (Å²) in [7, 11) is 0. The summed E-state index contributed by atoms with van der Waals surface area (Å²) in [5.74, 6) is 0. The van der Waals surface area contributed by atoms with Crippen LogP contribution in [0.4, 0.5) is 0 Å². The van der Waals surface area contributed by atoms with Crippen LogP contribution in [0.1, 0.15) is 11.1 Å². The molecule has 1 aliphatic rings. The highest BCUT2D eigenvalue weighted by Crippen LogP contribution is 2.18. The first-order valence-corrected chi connectivity index (χ1v) is 11.3. The summed E-state index contributed by atoms with van der Waals surface area (Å²) in [6.07, 6.45) is 5.55. The monoisotopic (exact) mass is 428 g/mol. The van der Waals surface area contributed by atoms with Crippen LogP contribution >= 0.6 is 0 Å². The number of aromatic nitrogens is 3. The minimum atomic E-state index is -0.00498. The van der Waals surface area contributed by atoms with Crippen molar-refractivity contribution >= 4 is 10.9 Å². The van der Waals surface area contributed by atoms with Crippen molar-refractivity contribution in [3.8, 4) is 5.69 Å². The maximum Gasteiger partial charge on any atom is 0.255 e. The third kappa shape index (κ3) is 4.66. The van der Waals surface area contributed by atoms with E-state index in [1.165, 1.54) is 5.56 Å². The highest BCUT2D eigenvalue weighted by molar-refractivity contribution is 5.80. The Morgan fingerprint density at radius 1 is 0.875 bits per heavy atom. The molecule has 1 saturated heterocycles. The van der Waals surface area contributed by atoms with Gasteiger partial charge in [0.05, 0.1) is 31.5 Å². The lowest BCUT2D eigenvalue weighted by Gasteiger charge is -2.26. The van der Waals surface area contributed by atoms with Gasteiger partial charge in [-0.05, 0) is 48.2 Å². The van der Waals surface area contributed by atoms with E-state index in [1.807, 2.05) is 53.5 Å². The van der Waals surface area contributed by atoms with Gasteiger partial charge in [-0.25, -0.2) is 0 Å². The molecule has 0 N–H and O–H groups in total. The molecule has 4 aromatic rings. The van der Waals surface area contributed by atoms with Gasteiger partial charge in [0.15, 0.2) is 0 Å². The average molecular weight is 429 g/mol. The van der Waals surface area contributed by atoms with E-state index >= 15 is 0 Å².